The minimum Gasteiger partial charge on any atom is -0.252 e. The van der Waals surface area contributed by atoms with E-state index in [2.05, 4.69) is 10.5 Å². The first-order valence-corrected chi connectivity index (χ1v) is 7.30. The van der Waals surface area contributed by atoms with Crippen LogP contribution in [0.4, 0.5) is 16.2 Å². The summed E-state index contributed by atoms with van der Waals surface area (Å²) < 4.78 is 0. The quantitative estimate of drug-likeness (QED) is 0.501. The molecular formula is C13H8Cl4N4O. The maximum absolute atomic E-state index is 11.5. The molecule has 0 radical (unpaired) electrons. The second-order valence-electron chi connectivity index (χ2n) is 4.12. The van der Waals surface area contributed by atoms with Gasteiger partial charge in [-0.2, -0.15) is 5.53 Å². The number of nitrogens with one attached hydrogen (secondary N) is 2. The van der Waals surface area contributed by atoms with Crippen molar-refractivity contribution in [3.63, 3.8) is 0 Å². The van der Waals surface area contributed by atoms with Crippen LogP contribution in [-0.4, -0.2) is 6.03 Å². The number of amides is 2. The van der Waals surface area contributed by atoms with Crippen LogP contribution in [0.15, 0.2) is 41.5 Å². The summed E-state index contributed by atoms with van der Waals surface area (Å²) >= 11 is 23.9. The minimum absolute atomic E-state index is 0.373. The molecule has 0 bridgehead atoms. The summed E-state index contributed by atoms with van der Waals surface area (Å²) in [5.74, 6) is 0. The van der Waals surface area contributed by atoms with Crippen LogP contribution in [0.3, 0.4) is 0 Å². The standard InChI is InChI=1S/C13H8Cl4N4O/c14-7-1-8(15)4-11(3-7)21(20-13(22)19-18)12-5-9(16)2-10(17)6-12/h1-6,18H,(H,20,22). The van der Waals surface area contributed by atoms with Crippen LogP contribution in [0.2, 0.25) is 20.1 Å². The van der Waals surface area contributed by atoms with E-state index in [1.54, 1.807) is 36.4 Å². The van der Waals surface area contributed by atoms with Gasteiger partial charge in [-0.15, -0.1) is 0 Å². The van der Waals surface area contributed by atoms with E-state index in [-0.39, 0.29) is 0 Å². The lowest BCUT2D eigenvalue weighted by atomic mass is 10.2. The molecule has 0 spiro atoms. The van der Waals surface area contributed by atoms with Crippen molar-refractivity contribution in [1.82, 2.24) is 5.43 Å². The van der Waals surface area contributed by atoms with Gasteiger partial charge in [0.25, 0.3) is 0 Å². The fraction of sp³-hybridized carbons (Fsp3) is 0. The topological polar surface area (TPSA) is 68.5 Å². The highest BCUT2D eigenvalue weighted by atomic mass is 35.5. The number of hydrogen-bond acceptors (Lipinski definition) is 3. The summed E-state index contributed by atoms with van der Waals surface area (Å²) in [7, 11) is 0. The normalized spacial score (nSPS) is 10.2. The molecule has 2 aromatic rings. The Kier molecular flexibility index (Phi) is 5.47. The fourth-order valence-corrected chi connectivity index (χ4v) is 2.76. The Morgan fingerprint density at radius 3 is 1.55 bits per heavy atom. The first-order chi connectivity index (χ1) is 10.4. The Morgan fingerprint density at radius 2 is 1.23 bits per heavy atom. The van der Waals surface area contributed by atoms with Gasteiger partial charge in [0.1, 0.15) is 0 Å². The van der Waals surface area contributed by atoms with E-state index >= 15 is 0 Å². The van der Waals surface area contributed by atoms with Gasteiger partial charge in [-0.05, 0) is 36.4 Å². The van der Waals surface area contributed by atoms with Gasteiger partial charge >= 0.3 is 6.03 Å². The zero-order valence-corrected chi connectivity index (χ0v) is 13.8. The van der Waals surface area contributed by atoms with Crippen molar-refractivity contribution in [2.45, 2.75) is 0 Å². The molecule has 2 rings (SSSR count). The molecule has 0 saturated carbocycles. The van der Waals surface area contributed by atoms with Crippen molar-refractivity contribution in [3.8, 4) is 0 Å². The molecule has 0 atom stereocenters. The molecule has 22 heavy (non-hydrogen) atoms. The zero-order valence-electron chi connectivity index (χ0n) is 10.8. The van der Waals surface area contributed by atoms with Crippen LogP contribution >= 0.6 is 46.4 Å². The summed E-state index contributed by atoms with van der Waals surface area (Å²) in [6.45, 7) is 0. The van der Waals surface area contributed by atoms with Gasteiger partial charge < -0.3 is 0 Å². The second kappa shape index (κ2) is 7.15. The molecule has 5 nitrogen and oxygen atoms in total. The minimum atomic E-state index is -0.882. The van der Waals surface area contributed by atoms with Gasteiger partial charge in [-0.3, -0.25) is 5.01 Å². The number of anilines is 2. The molecule has 0 aliphatic rings. The van der Waals surface area contributed by atoms with E-state index in [4.69, 9.17) is 51.9 Å². The zero-order chi connectivity index (χ0) is 16.3. The van der Waals surface area contributed by atoms with Crippen LogP contribution in [0.5, 0.6) is 0 Å². The highest BCUT2D eigenvalue weighted by Gasteiger charge is 2.15. The third-order valence-corrected chi connectivity index (χ3v) is 3.39. The fourth-order valence-electron chi connectivity index (χ4n) is 1.74. The third-order valence-electron chi connectivity index (χ3n) is 2.52. The lowest BCUT2D eigenvalue weighted by Gasteiger charge is -2.25. The summed E-state index contributed by atoms with van der Waals surface area (Å²) in [6, 6.07) is 8.52. The molecule has 0 aromatic heterocycles. The van der Waals surface area contributed by atoms with Gasteiger partial charge in [0.2, 0.25) is 0 Å². The van der Waals surface area contributed by atoms with E-state index in [0.29, 0.717) is 31.5 Å². The molecule has 9 heteroatoms. The SMILES string of the molecule is N=NC(=O)NN(c1cc(Cl)cc(Cl)c1)c1cc(Cl)cc(Cl)c1. The third kappa shape index (κ3) is 4.24. The highest BCUT2D eigenvalue weighted by Crippen LogP contribution is 2.32. The lowest BCUT2D eigenvalue weighted by Crippen LogP contribution is -2.37. The van der Waals surface area contributed by atoms with Crippen LogP contribution in [-0.2, 0) is 0 Å². The van der Waals surface area contributed by atoms with E-state index in [9.17, 15) is 4.79 Å². The number of benzene rings is 2. The van der Waals surface area contributed by atoms with Gasteiger partial charge in [0.15, 0.2) is 0 Å². The predicted octanol–water partition coefficient (Wildman–Crippen LogP) is 6.09. The average molecular weight is 378 g/mol. The van der Waals surface area contributed by atoms with Crippen LogP contribution in [0.25, 0.3) is 0 Å². The lowest BCUT2D eigenvalue weighted by molar-refractivity contribution is 0.247. The molecule has 2 amide bonds. The second-order valence-corrected chi connectivity index (χ2v) is 5.87. The molecule has 0 heterocycles. The average Bonchev–Trinajstić information content (AvgIpc) is 2.42. The van der Waals surface area contributed by atoms with Crippen molar-refractivity contribution in [2.75, 3.05) is 5.01 Å². The molecule has 0 aliphatic heterocycles. The van der Waals surface area contributed by atoms with Crippen molar-refractivity contribution in [3.05, 3.63) is 56.5 Å². The van der Waals surface area contributed by atoms with E-state index in [1.165, 1.54) is 5.01 Å². The van der Waals surface area contributed by atoms with Crippen molar-refractivity contribution in [1.29, 1.82) is 5.53 Å². The van der Waals surface area contributed by atoms with Crippen LogP contribution in [0.1, 0.15) is 0 Å². The number of carbonyl (C=O) groups is 1. The number of hydrazine groups is 1. The molecule has 0 unspecified atom stereocenters. The Balaban J connectivity index is 2.54. The Morgan fingerprint density at radius 1 is 0.864 bits per heavy atom. The molecule has 2 aromatic carbocycles. The van der Waals surface area contributed by atoms with E-state index < -0.39 is 6.03 Å². The van der Waals surface area contributed by atoms with Gasteiger partial charge in [-0.25, -0.2) is 10.2 Å². The largest absolute Gasteiger partial charge is 0.378 e. The molecule has 2 N–H and O–H groups in total. The maximum atomic E-state index is 11.5. The monoisotopic (exact) mass is 376 g/mol. The number of hydrogen-bond donors (Lipinski definition) is 2. The van der Waals surface area contributed by atoms with Crippen LogP contribution in [0, 0.1) is 5.53 Å². The number of carbonyl (C=O) groups excluding carboxylic acids is 1. The van der Waals surface area contributed by atoms with Crippen molar-refractivity contribution in [2.24, 2.45) is 5.11 Å². The number of urea groups is 1. The summed E-state index contributed by atoms with van der Waals surface area (Å²) in [5.41, 5.74) is 10.1. The van der Waals surface area contributed by atoms with Crippen LogP contribution < -0.4 is 10.4 Å². The number of halogens is 4. The number of rotatable bonds is 3. The summed E-state index contributed by atoms with van der Waals surface area (Å²) in [6.07, 6.45) is 0. The predicted molar refractivity (Wildman–Crippen MR) is 88.7 cm³/mol. The Labute approximate surface area is 146 Å². The first-order valence-electron chi connectivity index (χ1n) is 5.79. The summed E-state index contributed by atoms with van der Waals surface area (Å²) in [4.78, 5) is 11.5. The highest BCUT2D eigenvalue weighted by molar-refractivity contribution is 6.35. The van der Waals surface area contributed by atoms with Gasteiger partial charge in [-0.1, -0.05) is 51.5 Å². The maximum Gasteiger partial charge on any atom is 0.378 e. The van der Waals surface area contributed by atoms with Crippen molar-refractivity contribution < 1.29 is 4.79 Å². The molecule has 0 saturated heterocycles. The van der Waals surface area contributed by atoms with Gasteiger partial charge in [0, 0.05) is 20.1 Å². The van der Waals surface area contributed by atoms with E-state index in [1.807, 2.05) is 0 Å². The molecule has 0 aliphatic carbocycles. The van der Waals surface area contributed by atoms with E-state index in [0.717, 1.165) is 0 Å². The Bertz CT molecular complexity index is 646. The first kappa shape index (κ1) is 16.8. The smallest absolute Gasteiger partial charge is 0.252 e. The number of nitrogens with zero attached hydrogens (tertiary/aromatic N) is 2. The Hall–Kier alpha value is -1.53. The molecule has 0 fully saturated rings. The van der Waals surface area contributed by atoms with Crippen molar-refractivity contribution >= 4 is 63.8 Å². The van der Waals surface area contributed by atoms with Gasteiger partial charge in [0.05, 0.1) is 11.4 Å². The summed E-state index contributed by atoms with van der Waals surface area (Å²) in [5, 5.41) is 5.62. The molecule has 114 valence electrons. The molecular weight excluding hydrogens is 370 g/mol.